The zero-order valence-electron chi connectivity index (χ0n) is 38.4. The van der Waals surface area contributed by atoms with Crippen LogP contribution in [0.25, 0.3) is 121 Å². The summed E-state index contributed by atoms with van der Waals surface area (Å²) < 4.78 is 10.2. The van der Waals surface area contributed by atoms with Crippen LogP contribution in [-0.2, 0) is 0 Å². The molecular formula is C64H46N4. The Morgan fingerprint density at radius 2 is 0.544 bits per heavy atom. The summed E-state index contributed by atoms with van der Waals surface area (Å²) >= 11 is 0. The third kappa shape index (κ3) is 5.43. The highest BCUT2D eigenvalue weighted by Gasteiger charge is 2.29. The Kier molecular flexibility index (Phi) is 8.21. The average Bonchev–Trinajstić information content (AvgIpc) is 4.08. The maximum atomic E-state index is 2.58. The molecule has 14 aromatic rings. The van der Waals surface area contributed by atoms with Gasteiger partial charge in [0.2, 0.25) is 0 Å². The van der Waals surface area contributed by atoms with Crippen molar-refractivity contribution < 1.29 is 0 Å². The summed E-state index contributed by atoms with van der Waals surface area (Å²) in [5.41, 5.74) is 21.2. The third-order valence-electron chi connectivity index (χ3n) is 14.5. The molecule has 0 aliphatic carbocycles. The van der Waals surface area contributed by atoms with Gasteiger partial charge in [-0.15, -0.1) is 0 Å². The normalized spacial score (nSPS) is 12.1. The van der Waals surface area contributed by atoms with Gasteiger partial charge in [-0.25, -0.2) is 0 Å². The Bertz CT molecular complexity index is 4000. The number of aromatic nitrogens is 4. The number of hydrogen-bond acceptors (Lipinski definition) is 0. The quantitative estimate of drug-likeness (QED) is 0.164. The van der Waals surface area contributed by atoms with Crippen LogP contribution in [0.15, 0.2) is 206 Å². The summed E-state index contributed by atoms with van der Waals surface area (Å²) in [6.07, 6.45) is 0. The Morgan fingerprint density at radius 3 is 0.897 bits per heavy atom. The fourth-order valence-corrected chi connectivity index (χ4v) is 11.6. The summed E-state index contributed by atoms with van der Waals surface area (Å²) in [6, 6.07) is 77.3. The van der Waals surface area contributed by atoms with Crippen molar-refractivity contribution in [2.24, 2.45) is 0 Å². The predicted octanol–water partition coefficient (Wildman–Crippen LogP) is 17.0. The van der Waals surface area contributed by atoms with Gasteiger partial charge in [0, 0.05) is 65.6 Å². The fraction of sp³-hybridized carbons (Fsp3) is 0.0625. The summed E-state index contributed by atoms with van der Waals surface area (Å²) in [5.74, 6) is 0. The number of nitrogens with zero attached hydrogens (tertiary/aromatic N) is 4. The molecule has 4 heterocycles. The number of fused-ring (bicyclic) bond motifs is 12. The van der Waals surface area contributed by atoms with Gasteiger partial charge in [-0.1, -0.05) is 144 Å². The average molecular weight is 871 g/mol. The molecule has 0 N–H and O–H groups in total. The van der Waals surface area contributed by atoms with Crippen LogP contribution in [0.1, 0.15) is 22.3 Å². The highest BCUT2D eigenvalue weighted by molar-refractivity contribution is 6.21. The molecule has 14 rings (SSSR count). The molecule has 0 bridgehead atoms. The Morgan fingerprint density at radius 1 is 0.235 bits per heavy atom. The molecular weight excluding hydrogens is 825 g/mol. The van der Waals surface area contributed by atoms with Crippen molar-refractivity contribution in [3.8, 4) is 33.9 Å². The molecule has 0 amide bonds. The minimum atomic E-state index is 1.12. The lowest BCUT2D eigenvalue weighted by Gasteiger charge is -2.22. The molecule has 0 aliphatic heterocycles. The second-order valence-electron chi connectivity index (χ2n) is 18.8. The van der Waals surface area contributed by atoms with E-state index in [4.69, 9.17) is 0 Å². The van der Waals surface area contributed by atoms with Crippen LogP contribution in [-0.4, -0.2) is 18.3 Å². The summed E-state index contributed by atoms with van der Waals surface area (Å²) in [6.45, 7) is 8.83. The molecule has 322 valence electrons. The Hall–Kier alpha value is -8.60. The zero-order valence-corrected chi connectivity index (χ0v) is 38.4. The summed E-state index contributed by atoms with van der Waals surface area (Å²) in [4.78, 5) is 0. The first-order valence-electron chi connectivity index (χ1n) is 23.7. The number of para-hydroxylation sites is 4. The monoisotopic (exact) mass is 870 g/mol. The number of benzene rings is 10. The van der Waals surface area contributed by atoms with Gasteiger partial charge in [-0.2, -0.15) is 0 Å². The van der Waals surface area contributed by atoms with Gasteiger partial charge in [-0.3, -0.25) is 0 Å². The third-order valence-corrected chi connectivity index (χ3v) is 14.5. The molecule has 4 heteroatoms. The second kappa shape index (κ2) is 14.4. The van der Waals surface area contributed by atoms with E-state index in [1.165, 1.54) is 98.4 Å². The molecule has 0 saturated carbocycles. The summed E-state index contributed by atoms with van der Waals surface area (Å²) in [5, 5.41) is 9.87. The molecule has 10 aromatic carbocycles. The number of rotatable bonds is 5. The molecule has 0 fully saturated rings. The van der Waals surface area contributed by atoms with E-state index >= 15 is 0 Å². The van der Waals surface area contributed by atoms with Crippen molar-refractivity contribution in [2.75, 3.05) is 0 Å². The number of aryl methyl sites for hydroxylation is 4. The van der Waals surface area contributed by atoms with E-state index in [2.05, 4.69) is 252 Å². The van der Waals surface area contributed by atoms with E-state index in [1.807, 2.05) is 0 Å². The molecule has 0 radical (unpaired) electrons. The van der Waals surface area contributed by atoms with Gasteiger partial charge in [0.05, 0.1) is 55.5 Å². The number of hydrogen-bond donors (Lipinski definition) is 0. The fourth-order valence-electron chi connectivity index (χ4n) is 11.6. The minimum Gasteiger partial charge on any atom is -0.307 e. The Labute approximate surface area is 393 Å². The van der Waals surface area contributed by atoms with E-state index < -0.39 is 0 Å². The standard InChI is InChI=1S/C64H46N4/c1-39-23-31-57-51(35-39)52-36-40(2)24-32-58(52)67(57)63-49(29-27-47-45-19-11-13-21-55(45)65(61(47)63)43-15-7-5-8-16-43)50-30-28-48-46-20-12-14-22-56(46)66(44-17-9-6-10-18-44)62(48)64(50)68-59-33-25-41(3)37-53(59)54-38-42(4)26-34-60(54)68/h5-38H,1-4H3. The predicted molar refractivity (Wildman–Crippen MR) is 288 cm³/mol. The van der Waals surface area contributed by atoms with Gasteiger partial charge in [-0.05, 0) is 113 Å². The van der Waals surface area contributed by atoms with Crippen LogP contribution in [0.2, 0.25) is 0 Å². The molecule has 0 atom stereocenters. The molecule has 0 aliphatic rings. The first kappa shape index (κ1) is 38.6. The first-order valence-corrected chi connectivity index (χ1v) is 23.7. The maximum absolute atomic E-state index is 2.58. The topological polar surface area (TPSA) is 19.7 Å². The molecule has 0 spiro atoms. The lowest BCUT2D eigenvalue weighted by Crippen LogP contribution is -2.06. The molecule has 0 unspecified atom stereocenters. The van der Waals surface area contributed by atoms with E-state index in [9.17, 15) is 0 Å². The van der Waals surface area contributed by atoms with Crippen molar-refractivity contribution in [3.05, 3.63) is 229 Å². The second-order valence-corrected chi connectivity index (χ2v) is 18.8. The van der Waals surface area contributed by atoms with Gasteiger partial charge >= 0.3 is 0 Å². The van der Waals surface area contributed by atoms with Crippen LogP contribution in [0, 0.1) is 27.7 Å². The molecule has 0 saturated heterocycles. The smallest absolute Gasteiger partial charge is 0.0789 e. The maximum Gasteiger partial charge on any atom is 0.0789 e. The van der Waals surface area contributed by atoms with E-state index in [0.29, 0.717) is 0 Å². The first-order chi connectivity index (χ1) is 33.4. The van der Waals surface area contributed by atoms with E-state index in [1.54, 1.807) is 0 Å². The van der Waals surface area contributed by atoms with Crippen LogP contribution in [0.3, 0.4) is 0 Å². The van der Waals surface area contributed by atoms with Gasteiger partial charge in [0.25, 0.3) is 0 Å². The van der Waals surface area contributed by atoms with Crippen molar-refractivity contribution in [1.29, 1.82) is 0 Å². The molecule has 4 aromatic heterocycles. The van der Waals surface area contributed by atoms with Crippen molar-refractivity contribution in [1.82, 2.24) is 18.3 Å². The lowest BCUT2D eigenvalue weighted by atomic mass is 9.96. The highest BCUT2D eigenvalue weighted by Crippen LogP contribution is 2.49. The molecule has 4 nitrogen and oxygen atoms in total. The van der Waals surface area contributed by atoms with E-state index in [0.717, 1.165) is 44.9 Å². The van der Waals surface area contributed by atoms with E-state index in [-0.39, 0.29) is 0 Å². The van der Waals surface area contributed by atoms with Gasteiger partial charge < -0.3 is 18.3 Å². The summed E-state index contributed by atoms with van der Waals surface area (Å²) in [7, 11) is 0. The van der Waals surface area contributed by atoms with Crippen LogP contribution >= 0.6 is 0 Å². The van der Waals surface area contributed by atoms with Crippen LogP contribution < -0.4 is 0 Å². The lowest BCUT2D eigenvalue weighted by molar-refractivity contribution is 1.12. The van der Waals surface area contributed by atoms with Crippen LogP contribution in [0.5, 0.6) is 0 Å². The van der Waals surface area contributed by atoms with Gasteiger partial charge in [0.1, 0.15) is 0 Å². The highest BCUT2D eigenvalue weighted by atomic mass is 15.1. The SMILES string of the molecule is Cc1ccc2c(c1)c1cc(C)ccc1n2-c1c(-c2ccc3c4ccccc4n(-c4ccccc4)c3c2-n2c3ccc(C)cc3c3cc(C)ccc32)ccc2c3ccccc3n(-c3ccccc3)c12. The zero-order chi connectivity index (χ0) is 45.4. The minimum absolute atomic E-state index is 1.12. The Balaban J connectivity index is 1.27. The van der Waals surface area contributed by atoms with Crippen molar-refractivity contribution >= 4 is 87.2 Å². The van der Waals surface area contributed by atoms with Crippen molar-refractivity contribution in [2.45, 2.75) is 27.7 Å². The largest absolute Gasteiger partial charge is 0.307 e. The van der Waals surface area contributed by atoms with Crippen LogP contribution in [0.4, 0.5) is 0 Å². The van der Waals surface area contributed by atoms with Crippen molar-refractivity contribution in [3.63, 3.8) is 0 Å². The molecule has 68 heavy (non-hydrogen) atoms. The van der Waals surface area contributed by atoms with Gasteiger partial charge in [0.15, 0.2) is 0 Å².